The molecule has 158 valence electrons. The third kappa shape index (κ3) is 4.31. The number of rotatable bonds is 6. The predicted octanol–water partition coefficient (Wildman–Crippen LogP) is 6.01. The first-order valence-electron chi connectivity index (χ1n) is 10.6. The smallest absolute Gasteiger partial charge is 0.173 e. The van der Waals surface area contributed by atoms with Gasteiger partial charge in [0.1, 0.15) is 16.4 Å². The number of carbonyl (C=O) groups excluding carboxylic acids is 1. The molecule has 4 rings (SSSR count). The van der Waals surface area contributed by atoms with Gasteiger partial charge in [-0.1, -0.05) is 25.3 Å². The molecule has 3 aliphatic carbocycles. The minimum absolute atomic E-state index is 0.00823. The second-order valence-electron chi connectivity index (χ2n) is 8.54. The normalized spacial score (nSPS) is 25.4. The molecular weight excluding hydrogens is 394 g/mol. The Labute approximate surface area is 182 Å². The summed E-state index contributed by atoms with van der Waals surface area (Å²) >= 11 is 1.29. The van der Waals surface area contributed by atoms with Crippen LogP contribution in [0, 0.1) is 18.8 Å². The van der Waals surface area contributed by atoms with E-state index in [4.69, 9.17) is 4.74 Å². The highest BCUT2D eigenvalue weighted by atomic mass is 32.1. The van der Waals surface area contributed by atoms with Crippen LogP contribution >= 0.6 is 11.3 Å². The van der Waals surface area contributed by atoms with Crippen LogP contribution in [0.1, 0.15) is 59.1 Å². The molecule has 2 unspecified atom stereocenters. The Balaban J connectivity index is 1.53. The van der Waals surface area contributed by atoms with E-state index >= 15 is 0 Å². The maximum Gasteiger partial charge on any atom is 0.173 e. The molecule has 4 nitrogen and oxygen atoms in total. The van der Waals surface area contributed by atoms with Crippen molar-refractivity contribution >= 4 is 22.8 Å². The number of Topliss-reactive ketones (excluding diaryl/α,β-unsaturated/α-hetero) is 1. The van der Waals surface area contributed by atoms with E-state index in [1.807, 2.05) is 31.2 Å². The second-order valence-corrected chi connectivity index (χ2v) is 9.77. The Morgan fingerprint density at radius 3 is 2.60 bits per heavy atom. The van der Waals surface area contributed by atoms with Gasteiger partial charge in [0.25, 0.3) is 0 Å². The molecule has 5 heteroatoms. The van der Waals surface area contributed by atoms with Crippen LogP contribution in [0.3, 0.4) is 0 Å². The molecule has 2 atom stereocenters. The van der Waals surface area contributed by atoms with Crippen LogP contribution in [0.25, 0.3) is 5.70 Å². The van der Waals surface area contributed by atoms with Crippen molar-refractivity contribution in [3.8, 4) is 5.75 Å². The largest absolute Gasteiger partial charge is 0.506 e. The van der Waals surface area contributed by atoms with Crippen LogP contribution in [-0.2, 0) is 4.74 Å². The topological polar surface area (TPSA) is 58.6 Å². The summed E-state index contributed by atoms with van der Waals surface area (Å²) in [6, 6.07) is 0. The number of hydrogen-bond donors (Lipinski definition) is 2. The third-order valence-electron chi connectivity index (χ3n) is 6.20. The Kier molecular flexibility index (Phi) is 5.74. The molecule has 0 spiro atoms. The predicted molar refractivity (Wildman–Crippen MR) is 122 cm³/mol. The summed E-state index contributed by atoms with van der Waals surface area (Å²) in [5.41, 5.74) is 2.76. The molecule has 1 aromatic heterocycles. The number of carbonyl (C=O) groups is 1. The summed E-state index contributed by atoms with van der Waals surface area (Å²) in [6.45, 7) is 11.5. The standard InChI is InChI=1S/C25H29NO3S/c1-14-6-5-7-21(22(12-14)29-20-10-8-18-13-19(18)9-11-20)26-15(2)23-17(4)30-25(16(3)27)24(23)28/h5-7,12,18-20,26,28H,1-2,8-11,13H2,3-4H3. The minimum atomic E-state index is -0.150. The van der Waals surface area contributed by atoms with Gasteiger partial charge in [-0.05, 0) is 68.6 Å². The van der Waals surface area contributed by atoms with Crippen molar-refractivity contribution in [2.75, 3.05) is 0 Å². The van der Waals surface area contributed by atoms with Crippen molar-refractivity contribution in [3.63, 3.8) is 0 Å². The lowest BCUT2D eigenvalue weighted by molar-refractivity contribution is 0.101. The maximum atomic E-state index is 11.8. The maximum absolute atomic E-state index is 11.8. The number of ether oxygens (including phenoxy) is 1. The number of allylic oxidation sites excluding steroid dienone is 5. The fraction of sp³-hybridized carbons (Fsp3) is 0.400. The highest BCUT2D eigenvalue weighted by Crippen LogP contribution is 2.48. The van der Waals surface area contributed by atoms with E-state index in [0.717, 1.165) is 46.6 Å². The zero-order chi connectivity index (χ0) is 21.4. The molecule has 2 N–H and O–H groups in total. The fourth-order valence-corrected chi connectivity index (χ4v) is 5.43. The lowest BCUT2D eigenvalue weighted by atomic mass is 10.1. The Morgan fingerprint density at radius 2 is 1.97 bits per heavy atom. The molecule has 2 fully saturated rings. The molecule has 1 heterocycles. The molecule has 0 aromatic carbocycles. The first-order chi connectivity index (χ1) is 14.3. The van der Waals surface area contributed by atoms with Gasteiger partial charge in [0.05, 0.1) is 17.4 Å². The van der Waals surface area contributed by atoms with Gasteiger partial charge in [0, 0.05) is 17.5 Å². The summed E-state index contributed by atoms with van der Waals surface area (Å²) < 4.78 is 6.46. The van der Waals surface area contributed by atoms with E-state index in [9.17, 15) is 9.90 Å². The van der Waals surface area contributed by atoms with Gasteiger partial charge in [-0.3, -0.25) is 4.79 Å². The van der Waals surface area contributed by atoms with Crippen molar-refractivity contribution in [2.45, 2.75) is 52.1 Å². The molecule has 30 heavy (non-hydrogen) atoms. The van der Waals surface area contributed by atoms with Gasteiger partial charge < -0.3 is 15.2 Å². The fourth-order valence-electron chi connectivity index (χ4n) is 4.46. The minimum Gasteiger partial charge on any atom is -0.506 e. The average Bonchev–Trinajstić information content (AvgIpc) is 3.41. The average molecular weight is 424 g/mol. The molecule has 3 aliphatic rings. The molecular formula is C25H29NO3S. The monoisotopic (exact) mass is 423 g/mol. The Bertz CT molecular complexity index is 982. The zero-order valence-corrected chi connectivity index (χ0v) is 18.5. The molecule has 1 aromatic rings. The summed E-state index contributed by atoms with van der Waals surface area (Å²) in [5, 5.41) is 13.9. The lowest BCUT2D eigenvalue weighted by Crippen LogP contribution is -2.19. The summed E-state index contributed by atoms with van der Waals surface area (Å²) in [6.07, 6.45) is 14.0. The second kappa shape index (κ2) is 8.31. The Morgan fingerprint density at radius 1 is 1.27 bits per heavy atom. The van der Waals surface area contributed by atoms with E-state index in [1.165, 1.54) is 37.5 Å². The summed E-state index contributed by atoms with van der Waals surface area (Å²) in [5.74, 6) is 2.40. The molecule has 2 saturated carbocycles. The van der Waals surface area contributed by atoms with Crippen LogP contribution in [0.4, 0.5) is 0 Å². The number of aromatic hydroxyl groups is 1. The van der Waals surface area contributed by atoms with Crippen LogP contribution in [0.2, 0.25) is 0 Å². The van der Waals surface area contributed by atoms with Gasteiger partial charge >= 0.3 is 0 Å². The first-order valence-corrected chi connectivity index (χ1v) is 11.4. The van der Waals surface area contributed by atoms with Crippen molar-refractivity contribution in [3.05, 3.63) is 69.8 Å². The van der Waals surface area contributed by atoms with Crippen LogP contribution < -0.4 is 5.32 Å². The summed E-state index contributed by atoms with van der Waals surface area (Å²) in [4.78, 5) is 13.0. The van der Waals surface area contributed by atoms with Crippen molar-refractivity contribution in [1.29, 1.82) is 0 Å². The molecule has 0 radical (unpaired) electrons. The van der Waals surface area contributed by atoms with Crippen LogP contribution in [0.5, 0.6) is 5.75 Å². The van der Waals surface area contributed by atoms with E-state index in [2.05, 4.69) is 18.5 Å². The van der Waals surface area contributed by atoms with Gasteiger partial charge in [-0.25, -0.2) is 0 Å². The van der Waals surface area contributed by atoms with Crippen LogP contribution in [0.15, 0.2) is 54.5 Å². The van der Waals surface area contributed by atoms with E-state index in [0.29, 0.717) is 16.1 Å². The molecule has 0 saturated heterocycles. The summed E-state index contributed by atoms with van der Waals surface area (Å²) in [7, 11) is 0. The number of aryl methyl sites for hydroxylation is 1. The third-order valence-corrected chi connectivity index (χ3v) is 7.40. The van der Waals surface area contributed by atoms with Gasteiger partial charge in [0.15, 0.2) is 5.78 Å². The first kappa shape index (κ1) is 20.7. The lowest BCUT2D eigenvalue weighted by Gasteiger charge is -2.23. The number of fused-ring (bicyclic) bond motifs is 1. The van der Waals surface area contributed by atoms with Gasteiger partial charge in [-0.15, -0.1) is 11.3 Å². The zero-order valence-electron chi connectivity index (χ0n) is 17.7. The highest BCUT2D eigenvalue weighted by molar-refractivity contribution is 7.14. The highest BCUT2D eigenvalue weighted by Gasteiger charge is 2.39. The van der Waals surface area contributed by atoms with Crippen molar-refractivity contribution < 1.29 is 14.6 Å². The molecule has 0 bridgehead atoms. The van der Waals surface area contributed by atoms with E-state index < -0.39 is 0 Å². The van der Waals surface area contributed by atoms with Gasteiger partial charge in [0.2, 0.25) is 0 Å². The van der Waals surface area contributed by atoms with Crippen molar-refractivity contribution in [1.82, 2.24) is 5.32 Å². The number of hydrogen-bond acceptors (Lipinski definition) is 5. The SMILES string of the molecule is C=C1C=CC=C(NC(=C)c2c(C)sc(C(C)=O)c2O)C(OC2CCC3CC3CC2)=C1. The number of ketones is 1. The van der Waals surface area contributed by atoms with Crippen LogP contribution in [-0.4, -0.2) is 17.0 Å². The van der Waals surface area contributed by atoms with Crippen molar-refractivity contribution in [2.24, 2.45) is 11.8 Å². The molecule has 0 aliphatic heterocycles. The van der Waals surface area contributed by atoms with Gasteiger partial charge in [-0.2, -0.15) is 0 Å². The van der Waals surface area contributed by atoms with E-state index in [-0.39, 0.29) is 17.6 Å². The quantitative estimate of drug-likeness (QED) is 0.550. The molecule has 0 amide bonds. The number of nitrogens with one attached hydrogen (secondary N) is 1. The Hall–Kier alpha value is -2.53. The van der Waals surface area contributed by atoms with E-state index in [1.54, 1.807) is 0 Å². The number of thiophene rings is 1.